The summed E-state index contributed by atoms with van der Waals surface area (Å²) < 4.78 is 27.9. The number of anilines is 1. The molecule has 3 aromatic heterocycles. The van der Waals surface area contributed by atoms with Crippen LogP contribution in [0.4, 0.5) is 10.2 Å². The lowest BCUT2D eigenvalue weighted by Crippen LogP contribution is -2.49. The molecule has 1 fully saturated rings. The molecule has 1 aliphatic carbocycles. The largest absolute Gasteiger partial charge is 0.364 e. The molecule has 0 aromatic carbocycles. The van der Waals surface area contributed by atoms with Crippen molar-refractivity contribution in [3.63, 3.8) is 0 Å². The zero-order valence-corrected chi connectivity index (χ0v) is 26.4. The summed E-state index contributed by atoms with van der Waals surface area (Å²) >= 11 is 0. The van der Waals surface area contributed by atoms with Crippen LogP contribution < -0.4 is 10.6 Å². The highest BCUT2D eigenvalue weighted by molar-refractivity contribution is 8.32. The third-order valence-corrected chi connectivity index (χ3v) is 9.29. The summed E-state index contributed by atoms with van der Waals surface area (Å²) in [6.45, 7) is 8.47. The van der Waals surface area contributed by atoms with Crippen molar-refractivity contribution in [1.29, 1.82) is 0 Å². The van der Waals surface area contributed by atoms with Gasteiger partial charge in [0.25, 0.3) is 5.91 Å². The van der Waals surface area contributed by atoms with Crippen molar-refractivity contribution in [2.45, 2.75) is 66.2 Å². The molecular formula is C30H43FN6O4S. The maximum absolute atomic E-state index is 15.4. The first-order valence-electron chi connectivity index (χ1n) is 14.3. The van der Waals surface area contributed by atoms with E-state index in [1.54, 1.807) is 23.7 Å². The van der Waals surface area contributed by atoms with E-state index < -0.39 is 33.8 Å². The van der Waals surface area contributed by atoms with Crippen LogP contribution in [0.15, 0.2) is 22.9 Å². The Balaban J connectivity index is 1.49. The Hall–Kier alpha value is -3.25. The fourth-order valence-corrected chi connectivity index (χ4v) is 5.93. The van der Waals surface area contributed by atoms with Crippen LogP contribution in [-0.2, 0) is 16.3 Å². The Morgan fingerprint density at radius 2 is 1.86 bits per heavy atom. The predicted molar refractivity (Wildman–Crippen MR) is 163 cm³/mol. The summed E-state index contributed by atoms with van der Waals surface area (Å²) in [5.41, 5.74) is 3.09. The van der Waals surface area contributed by atoms with E-state index in [0.29, 0.717) is 35.0 Å². The van der Waals surface area contributed by atoms with Gasteiger partial charge in [0.2, 0.25) is 11.9 Å². The molecule has 230 valence electrons. The van der Waals surface area contributed by atoms with Crippen LogP contribution >= 0.6 is 10.0 Å². The minimum atomic E-state index is -0.813. The number of pyridine rings is 1. The number of nitrogens with one attached hydrogen (secondary N) is 2. The highest BCUT2D eigenvalue weighted by Crippen LogP contribution is 2.34. The van der Waals surface area contributed by atoms with Gasteiger partial charge in [-0.15, -0.1) is 0 Å². The molecule has 10 nitrogen and oxygen atoms in total. The smallest absolute Gasteiger partial charge is 0.257 e. The Morgan fingerprint density at radius 1 is 1.14 bits per heavy atom. The van der Waals surface area contributed by atoms with Crippen molar-refractivity contribution in [2.75, 3.05) is 36.4 Å². The van der Waals surface area contributed by atoms with Gasteiger partial charge in [-0.2, -0.15) is 9.49 Å². The monoisotopic (exact) mass is 602 g/mol. The van der Waals surface area contributed by atoms with Gasteiger partial charge in [-0.05, 0) is 76.3 Å². The number of amides is 2. The second kappa shape index (κ2) is 13.4. The quantitative estimate of drug-likeness (QED) is 0.228. The number of aromatic nitrogens is 4. The predicted octanol–water partition coefficient (Wildman–Crippen LogP) is 5.23. The van der Waals surface area contributed by atoms with Gasteiger partial charge < -0.3 is 19.9 Å². The molecule has 42 heavy (non-hydrogen) atoms. The van der Waals surface area contributed by atoms with Crippen LogP contribution in [0.25, 0.3) is 11.1 Å². The van der Waals surface area contributed by atoms with Gasteiger partial charge in [0.15, 0.2) is 0 Å². The molecule has 0 spiro atoms. The lowest BCUT2D eigenvalue weighted by Gasteiger charge is -2.32. The third kappa shape index (κ3) is 7.77. The minimum absolute atomic E-state index is 0.0578. The summed E-state index contributed by atoms with van der Waals surface area (Å²) in [5.74, 6) is -0.0199. The number of hydrogen-bond donors (Lipinski definition) is 2. The first-order valence-corrected chi connectivity index (χ1v) is 17.3. The van der Waals surface area contributed by atoms with Crippen LogP contribution in [0, 0.1) is 38.6 Å². The highest BCUT2D eigenvalue weighted by atomic mass is 32.3. The fourth-order valence-electron chi connectivity index (χ4n) is 5.31. The summed E-state index contributed by atoms with van der Waals surface area (Å²) in [7, 11) is -0.655. The zero-order valence-electron chi connectivity index (χ0n) is 25.6. The molecular weight excluding hydrogens is 559 g/mol. The molecule has 12 heteroatoms. The number of ether oxygens (including phenoxy) is 1. The maximum atomic E-state index is 15.4. The Kier molecular flexibility index (Phi) is 10.1. The number of aryl methyl sites for hydroxylation is 2. The zero-order chi connectivity index (χ0) is 30.6. The molecule has 1 aliphatic rings. The molecule has 3 heterocycles. The van der Waals surface area contributed by atoms with E-state index in [9.17, 15) is 9.59 Å². The first kappa shape index (κ1) is 31.7. The molecule has 0 radical (unpaired) electrons. The van der Waals surface area contributed by atoms with E-state index in [0.717, 1.165) is 37.1 Å². The number of carbonyl (C=O) groups is 2. The van der Waals surface area contributed by atoms with E-state index in [2.05, 4.69) is 51.6 Å². The third-order valence-electron chi connectivity index (χ3n) is 7.90. The summed E-state index contributed by atoms with van der Waals surface area (Å²) in [6.07, 6.45) is 11.5. The molecule has 0 unspecified atom stereocenters. The van der Waals surface area contributed by atoms with E-state index in [1.807, 2.05) is 13.8 Å². The molecule has 1 atom stereocenters. The summed E-state index contributed by atoms with van der Waals surface area (Å²) in [4.78, 5) is 30.5. The molecule has 3 aromatic rings. The maximum Gasteiger partial charge on any atom is 0.257 e. The molecule has 0 aliphatic heterocycles. The van der Waals surface area contributed by atoms with Gasteiger partial charge in [0.05, 0.1) is 18.0 Å². The van der Waals surface area contributed by atoms with Crippen molar-refractivity contribution in [1.82, 2.24) is 25.2 Å². The second-order valence-electron chi connectivity index (χ2n) is 12.2. The standard InChI is InChI=1S/C30H43FN6O4S/c1-18-8-10-22(11-9-18)27(34-29(38)24-16-41-36-19(24)2)30(39)33-25-13-12-23(28(31)32-25)26-20(3)35-37(21(26)4)17-40-14-15-42(5,6)7/h12-13,16,18,22,27H,8-11,14-15,17H2,1-7H3,(H,34,38)(H,32,33,39)/t18?,22?,27-/m0/s1. The van der Waals surface area contributed by atoms with Crippen LogP contribution in [0.1, 0.15) is 60.0 Å². The SMILES string of the molecule is Cc1nocc1C(=O)N[C@H](C(=O)Nc1ccc(-c2c(C)nn(COCCS(C)(C)C)c2C)c(F)n1)C1CCC(C)CC1. The van der Waals surface area contributed by atoms with Gasteiger partial charge in [-0.25, -0.2) is 19.7 Å². The van der Waals surface area contributed by atoms with E-state index in [4.69, 9.17) is 9.26 Å². The number of carbonyl (C=O) groups excluding carboxylic acids is 2. The average Bonchev–Trinajstić information content (AvgIpc) is 3.47. The Morgan fingerprint density at radius 3 is 2.48 bits per heavy atom. The van der Waals surface area contributed by atoms with Crippen molar-refractivity contribution in [3.8, 4) is 11.1 Å². The summed E-state index contributed by atoms with van der Waals surface area (Å²) in [6, 6.07) is 2.35. The fraction of sp³-hybridized carbons (Fsp3) is 0.567. The second-order valence-corrected chi connectivity index (χ2v) is 16.8. The van der Waals surface area contributed by atoms with E-state index >= 15 is 4.39 Å². The van der Waals surface area contributed by atoms with Gasteiger partial charge in [-0.1, -0.05) is 24.9 Å². The summed E-state index contributed by atoms with van der Waals surface area (Å²) in [5, 5.41) is 13.9. The molecule has 0 bridgehead atoms. The molecule has 2 amide bonds. The number of nitrogens with zero attached hydrogens (tertiary/aromatic N) is 4. The van der Waals surface area contributed by atoms with Gasteiger partial charge in [-0.3, -0.25) is 9.59 Å². The van der Waals surface area contributed by atoms with Crippen molar-refractivity contribution in [3.05, 3.63) is 47.0 Å². The first-order chi connectivity index (χ1) is 19.8. The van der Waals surface area contributed by atoms with Gasteiger partial charge in [0, 0.05) is 22.6 Å². The van der Waals surface area contributed by atoms with Crippen molar-refractivity contribution >= 4 is 27.7 Å². The number of hydrogen-bond acceptors (Lipinski definition) is 7. The van der Waals surface area contributed by atoms with Crippen LogP contribution in [-0.4, -0.2) is 68.9 Å². The van der Waals surface area contributed by atoms with Crippen LogP contribution in [0.3, 0.4) is 0 Å². The Bertz CT molecular complexity index is 1410. The van der Waals surface area contributed by atoms with Crippen molar-refractivity contribution in [2.24, 2.45) is 11.8 Å². The highest BCUT2D eigenvalue weighted by Gasteiger charge is 2.33. The lowest BCUT2D eigenvalue weighted by atomic mass is 9.79. The van der Waals surface area contributed by atoms with Gasteiger partial charge >= 0.3 is 0 Å². The van der Waals surface area contributed by atoms with E-state index in [-0.39, 0.29) is 24.0 Å². The van der Waals surface area contributed by atoms with Gasteiger partial charge in [0.1, 0.15) is 30.4 Å². The van der Waals surface area contributed by atoms with E-state index in [1.165, 1.54) is 6.26 Å². The lowest BCUT2D eigenvalue weighted by molar-refractivity contribution is -0.119. The average molecular weight is 603 g/mol. The van der Waals surface area contributed by atoms with Crippen molar-refractivity contribution < 1.29 is 23.2 Å². The normalized spacial score (nSPS) is 18.5. The van der Waals surface area contributed by atoms with Crippen LogP contribution in [0.5, 0.6) is 0 Å². The number of rotatable bonds is 11. The van der Waals surface area contributed by atoms with Crippen LogP contribution in [0.2, 0.25) is 0 Å². The molecule has 0 saturated heterocycles. The molecule has 4 rings (SSSR count). The number of halogens is 1. The topological polar surface area (TPSA) is 124 Å². The molecule has 1 saturated carbocycles. The minimum Gasteiger partial charge on any atom is -0.364 e. The Labute approximate surface area is 248 Å². The molecule has 2 N–H and O–H groups in total.